The van der Waals surface area contributed by atoms with Crippen molar-refractivity contribution < 1.29 is 31.9 Å². The maximum absolute atomic E-state index is 12.3. The standard InChI is InChI=1S/C14H17F2NO5S/c1-2-3-11(13(19)20)17-12(18)10-6-4-9(5-7-10)8-23(21,22)14(15)16/h4-7,11,14H,2-3,8H2,1H3,(H,17,18)(H,19,20). The molecule has 1 aromatic carbocycles. The van der Waals surface area contributed by atoms with Crippen LogP contribution in [0.2, 0.25) is 0 Å². The SMILES string of the molecule is CCCC(NC(=O)c1ccc(CS(=O)(=O)C(F)F)cc1)C(=O)O. The zero-order chi connectivity index (χ0) is 17.6. The van der Waals surface area contributed by atoms with E-state index in [2.05, 4.69) is 5.32 Å². The third-order valence-corrected chi connectivity index (χ3v) is 4.31. The monoisotopic (exact) mass is 349 g/mol. The Balaban J connectivity index is 2.80. The zero-order valence-corrected chi connectivity index (χ0v) is 13.1. The van der Waals surface area contributed by atoms with Gasteiger partial charge >= 0.3 is 11.7 Å². The molecule has 1 unspecified atom stereocenters. The zero-order valence-electron chi connectivity index (χ0n) is 12.3. The van der Waals surface area contributed by atoms with Crippen LogP contribution in [0.25, 0.3) is 0 Å². The van der Waals surface area contributed by atoms with Crippen LogP contribution in [-0.4, -0.2) is 37.2 Å². The van der Waals surface area contributed by atoms with E-state index in [1.54, 1.807) is 6.92 Å². The molecule has 0 bridgehead atoms. The van der Waals surface area contributed by atoms with Gasteiger partial charge in [0.2, 0.25) is 9.84 Å². The van der Waals surface area contributed by atoms with Gasteiger partial charge in [-0.1, -0.05) is 25.5 Å². The van der Waals surface area contributed by atoms with Crippen molar-refractivity contribution in [2.24, 2.45) is 0 Å². The summed E-state index contributed by atoms with van der Waals surface area (Å²) in [6.07, 6.45) is 0.841. The van der Waals surface area contributed by atoms with E-state index < -0.39 is 39.3 Å². The number of rotatable bonds is 8. The fourth-order valence-electron chi connectivity index (χ4n) is 1.84. The molecule has 23 heavy (non-hydrogen) atoms. The van der Waals surface area contributed by atoms with E-state index in [4.69, 9.17) is 5.11 Å². The molecule has 1 aromatic rings. The van der Waals surface area contributed by atoms with E-state index in [-0.39, 0.29) is 17.5 Å². The van der Waals surface area contributed by atoms with Gasteiger partial charge in [0, 0.05) is 5.56 Å². The molecule has 6 nitrogen and oxygen atoms in total. The van der Waals surface area contributed by atoms with E-state index in [1.807, 2.05) is 0 Å². The molecule has 0 fully saturated rings. The number of hydrogen-bond acceptors (Lipinski definition) is 4. The Hall–Kier alpha value is -2.03. The van der Waals surface area contributed by atoms with Gasteiger partial charge in [-0.05, 0) is 24.1 Å². The first-order chi connectivity index (χ1) is 10.7. The van der Waals surface area contributed by atoms with Gasteiger partial charge in [-0.25, -0.2) is 13.2 Å². The van der Waals surface area contributed by atoms with Crippen molar-refractivity contribution in [2.75, 3.05) is 0 Å². The summed E-state index contributed by atoms with van der Waals surface area (Å²) in [4.78, 5) is 22.9. The maximum atomic E-state index is 12.3. The van der Waals surface area contributed by atoms with E-state index in [9.17, 15) is 26.8 Å². The molecule has 0 spiro atoms. The Morgan fingerprint density at radius 2 is 1.78 bits per heavy atom. The molecule has 9 heteroatoms. The Bertz CT molecular complexity index is 658. The smallest absolute Gasteiger partial charge is 0.337 e. The summed E-state index contributed by atoms with van der Waals surface area (Å²) in [7, 11) is -4.53. The highest BCUT2D eigenvalue weighted by molar-refractivity contribution is 7.90. The summed E-state index contributed by atoms with van der Waals surface area (Å²) in [5, 5.41) is 11.3. The molecule has 0 saturated heterocycles. The van der Waals surface area contributed by atoms with Crippen LogP contribution >= 0.6 is 0 Å². The number of carbonyl (C=O) groups excluding carboxylic acids is 1. The molecule has 0 radical (unpaired) electrons. The highest BCUT2D eigenvalue weighted by atomic mass is 32.2. The van der Waals surface area contributed by atoms with Crippen LogP contribution in [0.4, 0.5) is 8.78 Å². The number of benzene rings is 1. The maximum Gasteiger partial charge on any atom is 0.337 e. The number of amides is 1. The first-order valence-corrected chi connectivity index (χ1v) is 8.51. The predicted molar refractivity (Wildman–Crippen MR) is 78.9 cm³/mol. The summed E-state index contributed by atoms with van der Waals surface area (Å²) in [6.45, 7) is 1.78. The van der Waals surface area contributed by atoms with Gasteiger partial charge in [0.15, 0.2) is 0 Å². The van der Waals surface area contributed by atoms with Gasteiger partial charge < -0.3 is 10.4 Å². The average Bonchev–Trinajstić information content (AvgIpc) is 2.46. The predicted octanol–water partition coefficient (Wildman–Crippen LogP) is 1.81. The number of alkyl halides is 2. The number of carboxylic acids is 1. The fraction of sp³-hybridized carbons (Fsp3) is 0.429. The minimum absolute atomic E-state index is 0.116. The highest BCUT2D eigenvalue weighted by Gasteiger charge is 2.24. The largest absolute Gasteiger partial charge is 0.480 e. The first-order valence-electron chi connectivity index (χ1n) is 6.79. The average molecular weight is 349 g/mol. The van der Waals surface area contributed by atoms with Crippen molar-refractivity contribution in [1.29, 1.82) is 0 Å². The lowest BCUT2D eigenvalue weighted by molar-refractivity contribution is -0.139. The van der Waals surface area contributed by atoms with Crippen LogP contribution in [0.5, 0.6) is 0 Å². The number of hydrogen-bond donors (Lipinski definition) is 2. The molecule has 2 N–H and O–H groups in total. The van der Waals surface area contributed by atoms with E-state index in [1.165, 1.54) is 24.3 Å². The van der Waals surface area contributed by atoms with Crippen LogP contribution in [-0.2, 0) is 20.4 Å². The van der Waals surface area contributed by atoms with Crippen molar-refractivity contribution in [3.8, 4) is 0 Å². The van der Waals surface area contributed by atoms with Crippen molar-refractivity contribution >= 4 is 21.7 Å². The molecular formula is C14H17F2NO5S. The van der Waals surface area contributed by atoms with Gasteiger partial charge in [0.1, 0.15) is 6.04 Å². The lowest BCUT2D eigenvalue weighted by Crippen LogP contribution is -2.40. The Morgan fingerprint density at radius 3 is 2.22 bits per heavy atom. The second-order valence-electron chi connectivity index (χ2n) is 4.92. The second kappa shape index (κ2) is 8.00. The van der Waals surface area contributed by atoms with Gasteiger partial charge in [-0.3, -0.25) is 4.79 Å². The second-order valence-corrected chi connectivity index (χ2v) is 6.89. The molecule has 0 aliphatic heterocycles. The number of halogens is 2. The number of aliphatic carboxylic acids is 1. The summed E-state index contributed by atoms with van der Waals surface area (Å²) in [5.74, 6) is -6.08. The topological polar surface area (TPSA) is 101 Å². The van der Waals surface area contributed by atoms with Gasteiger partial charge in [0.05, 0.1) is 5.75 Å². The van der Waals surface area contributed by atoms with E-state index in [0.717, 1.165) is 0 Å². The number of carbonyl (C=O) groups is 2. The number of sulfone groups is 1. The summed E-state index contributed by atoms with van der Waals surface area (Å²) in [5.41, 5.74) is 0.232. The molecule has 0 aliphatic carbocycles. The van der Waals surface area contributed by atoms with Crippen molar-refractivity contribution in [3.05, 3.63) is 35.4 Å². The molecule has 1 atom stereocenters. The highest BCUT2D eigenvalue weighted by Crippen LogP contribution is 2.14. The fourth-order valence-corrected chi connectivity index (χ4v) is 2.62. The van der Waals surface area contributed by atoms with Crippen LogP contribution in [0.1, 0.15) is 35.7 Å². The molecule has 1 amide bonds. The summed E-state index contributed by atoms with van der Waals surface area (Å²) < 4.78 is 46.8. The van der Waals surface area contributed by atoms with Gasteiger partial charge in [0.25, 0.3) is 5.91 Å². The van der Waals surface area contributed by atoms with Crippen molar-refractivity contribution in [1.82, 2.24) is 5.32 Å². The normalized spacial score (nSPS) is 12.9. The lowest BCUT2D eigenvalue weighted by atomic mass is 10.1. The number of carboxylic acid groups (broad SMARTS) is 1. The summed E-state index contributed by atoms with van der Waals surface area (Å²) >= 11 is 0. The van der Waals surface area contributed by atoms with Crippen molar-refractivity contribution in [3.63, 3.8) is 0 Å². The van der Waals surface area contributed by atoms with E-state index >= 15 is 0 Å². The van der Waals surface area contributed by atoms with E-state index in [0.29, 0.717) is 6.42 Å². The van der Waals surface area contributed by atoms with Crippen LogP contribution in [0.15, 0.2) is 24.3 Å². The summed E-state index contributed by atoms with van der Waals surface area (Å²) in [6, 6.07) is 3.98. The molecule has 0 aliphatic rings. The lowest BCUT2D eigenvalue weighted by Gasteiger charge is -2.13. The molecule has 0 saturated carbocycles. The molecular weight excluding hydrogens is 332 g/mol. The van der Waals surface area contributed by atoms with Crippen molar-refractivity contribution in [2.45, 2.75) is 37.3 Å². The minimum atomic E-state index is -4.53. The third-order valence-electron chi connectivity index (χ3n) is 3.04. The van der Waals surface area contributed by atoms with Crippen LogP contribution in [0, 0.1) is 0 Å². The van der Waals surface area contributed by atoms with Crippen LogP contribution in [0.3, 0.4) is 0 Å². The quantitative estimate of drug-likeness (QED) is 0.745. The third kappa shape index (κ3) is 5.59. The Morgan fingerprint density at radius 1 is 1.22 bits per heavy atom. The van der Waals surface area contributed by atoms with Crippen LogP contribution < -0.4 is 5.32 Å². The van der Waals surface area contributed by atoms with Gasteiger partial charge in [-0.15, -0.1) is 0 Å². The Labute approximate surface area is 132 Å². The molecule has 1 rings (SSSR count). The molecule has 0 aromatic heterocycles. The van der Waals surface area contributed by atoms with Gasteiger partial charge in [-0.2, -0.15) is 8.78 Å². The Kier molecular flexibility index (Phi) is 6.62. The number of nitrogens with one attached hydrogen (secondary N) is 1. The molecule has 0 heterocycles. The molecule has 128 valence electrons. The minimum Gasteiger partial charge on any atom is -0.480 e. The first kappa shape index (κ1) is 19.0.